The molecule has 8 heteroatoms. The summed E-state index contributed by atoms with van der Waals surface area (Å²) in [5.74, 6) is -1.19. The van der Waals surface area contributed by atoms with Crippen LogP contribution in [0.2, 0.25) is 0 Å². The van der Waals surface area contributed by atoms with Crippen LogP contribution in [0.5, 0.6) is 0 Å². The Morgan fingerprint density at radius 2 is 2.06 bits per heavy atom. The van der Waals surface area contributed by atoms with Gasteiger partial charge in [0.15, 0.2) is 0 Å². The second-order valence-corrected chi connectivity index (χ2v) is 5.31. The molecule has 4 N–H and O–H groups in total. The highest BCUT2D eigenvalue weighted by molar-refractivity contribution is 7.89. The first-order chi connectivity index (χ1) is 8.33. The van der Waals surface area contributed by atoms with Crippen LogP contribution in [-0.2, 0) is 14.8 Å². The number of hydrogen-bond acceptors (Lipinski definition) is 4. The lowest BCUT2D eigenvalue weighted by Crippen LogP contribution is -2.34. The SMILES string of the molecule is CC(=O)NCCNS(=O)(=O)c1ccc(N)cc1F. The standard InChI is InChI=1S/C10H14FN3O3S/c1-7(15)13-4-5-14-18(16,17)10-3-2-8(12)6-9(10)11/h2-3,6,14H,4-5,12H2,1H3,(H,13,15). The topological polar surface area (TPSA) is 101 Å². The van der Waals surface area contributed by atoms with Gasteiger partial charge in [-0.3, -0.25) is 4.79 Å². The molecule has 0 aromatic heterocycles. The van der Waals surface area contributed by atoms with Crippen LogP contribution in [0.1, 0.15) is 6.92 Å². The molecule has 0 heterocycles. The van der Waals surface area contributed by atoms with Crippen molar-refractivity contribution in [1.29, 1.82) is 0 Å². The Bertz CT molecular complexity index is 545. The molecule has 0 saturated carbocycles. The Labute approximate surface area is 104 Å². The highest BCUT2D eigenvalue weighted by atomic mass is 32.2. The third kappa shape index (κ3) is 3.97. The number of rotatable bonds is 5. The Balaban J connectivity index is 2.71. The molecule has 6 nitrogen and oxygen atoms in total. The van der Waals surface area contributed by atoms with Crippen molar-refractivity contribution in [2.45, 2.75) is 11.8 Å². The lowest BCUT2D eigenvalue weighted by molar-refractivity contribution is -0.118. The number of hydrogen-bond donors (Lipinski definition) is 3. The van der Waals surface area contributed by atoms with E-state index in [9.17, 15) is 17.6 Å². The molecule has 1 aromatic carbocycles. The normalized spacial score (nSPS) is 11.2. The van der Waals surface area contributed by atoms with E-state index >= 15 is 0 Å². The number of nitrogens with one attached hydrogen (secondary N) is 2. The van der Waals surface area contributed by atoms with E-state index in [4.69, 9.17) is 5.73 Å². The van der Waals surface area contributed by atoms with Crippen LogP contribution in [-0.4, -0.2) is 27.4 Å². The molecule has 100 valence electrons. The summed E-state index contributed by atoms with van der Waals surface area (Å²) in [6.45, 7) is 1.42. The Morgan fingerprint density at radius 3 is 2.61 bits per heavy atom. The maximum absolute atomic E-state index is 13.4. The van der Waals surface area contributed by atoms with Crippen LogP contribution >= 0.6 is 0 Å². The summed E-state index contributed by atoms with van der Waals surface area (Å²) in [6, 6.07) is 3.32. The molecule has 0 unspecified atom stereocenters. The van der Waals surface area contributed by atoms with E-state index in [-0.39, 0.29) is 24.7 Å². The van der Waals surface area contributed by atoms with Gasteiger partial charge in [0.05, 0.1) is 0 Å². The number of sulfonamides is 1. The van der Waals surface area contributed by atoms with E-state index in [0.717, 1.165) is 12.1 Å². The minimum atomic E-state index is -3.94. The van der Waals surface area contributed by atoms with Crippen molar-refractivity contribution in [3.05, 3.63) is 24.0 Å². The van der Waals surface area contributed by atoms with Gasteiger partial charge in [0.2, 0.25) is 15.9 Å². The van der Waals surface area contributed by atoms with E-state index in [1.165, 1.54) is 13.0 Å². The molecule has 0 spiro atoms. The first-order valence-electron chi connectivity index (χ1n) is 5.12. The van der Waals surface area contributed by atoms with Gasteiger partial charge < -0.3 is 11.1 Å². The van der Waals surface area contributed by atoms with Crippen LogP contribution in [0, 0.1) is 5.82 Å². The van der Waals surface area contributed by atoms with Crippen LogP contribution in [0.25, 0.3) is 0 Å². The van der Waals surface area contributed by atoms with E-state index in [1.54, 1.807) is 0 Å². The van der Waals surface area contributed by atoms with Crippen molar-refractivity contribution < 1.29 is 17.6 Å². The molecule has 0 saturated heterocycles. The van der Waals surface area contributed by atoms with Crippen molar-refractivity contribution in [3.8, 4) is 0 Å². The van der Waals surface area contributed by atoms with Crippen molar-refractivity contribution in [2.75, 3.05) is 18.8 Å². The summed E-state index contributed by atoms with van der Waals surface area (Å²) in [4.78, 5) is 10.1. The maximum atomic E-state index is 13.4. The molecule has 0 radical (unpaired) electrons. The number of halogens is 1. The molecule has 0 fully saturated rings. The van der Waals surface area contributed by atoms with Crippen molar-refractivity contribution in [1.82, 2.24) is 10.0 Å². The zero-order chi connectivity index (χ0) is 13.8. The highest BCUT2D eigenvalue weighted by Gasteiger charge is 2.18. The second-order valence-electron chi connectivity index (χ2n) is 3.57. The molecule has 0 aliphatic carbocycles. The lowest BCUT2D eigenvalue weighted by atomic mass is 10.3. The number of benzene rings is 1. The molecule has 1 amide bonds. The van der Waals surface area contributed by atoms with Crippen LogP contribution in [0.15, 0.2) is 23.1 Å². The highest BCUT2D eigenvalue weighted by Crippen LogP contribution is 2.16. The van der Waals surface area contributed by atoms with Crippen molar-refractivity contribution in [3.63, 3.8) is 0 Å². The van der Waals surface area contributed by atoms with Gasteiger partial charge in [0.1, 0.15) is 10.7 Å². The largest absolute Gasteiger partial charge is 0.399 e. The van der Waals surface area contributed by atoms with Gasteiger partial charge in [-0.1, -0.05) is 0 Å². The monoisotopic (exact) mass is 275 g/mol. The number of amides is 1. The van der Waals surface area contributed by atoms with Crippen molar-refractivity contribution >= 4 is 21.6 Å². The lowest BCUT2D eigenvalue weighted by Gasteiger charge is -2.08. The minimum Gasteiger partial charge on any atom is -0.399 e. The first-order valence-corrected chi connectivity index (χ1v) is 6.60. The van der Waals surface area contributed by atoms with Gasteiger partial charge in [0, 0.05) is 25.7 Å². The predicted octanol–water partition coefficient (Wildman–Crippen LogP) is -0.178. The second kappa shape index (κ2) is 5.78. The van der Waals surface area contributed by atoms with Crippen molar-refractivity contribution in [2.24, 2.45) is 0 Å². The Kier molecular flexibility index (Phi) is 4.62. The third-order valence-corrected chi connectivity index (χ3v) is 3.53. The van der Waals surface area contributed by atoms with E-state index in [0.29, 0.717) is 0 Å². The average molecular weight is 275 g/mol. The van der Waals surface area contributed by atoms with Gasteiger partial charge in [0.25, 0.3) is 0 Å². The molecule has 1 rings (SSSR count). The summed E-state index contributed by atoms with van der Waals surface area (Å²) in [5.41, 5.74) is 5.47. The summed E-state index contributed by atoms with van der Waals surface area (Å²) in [7, 11) is -3.94. The quantitative estimate of drug-likeness (QED) is 0.512. The molecule has 1 aromatic rings. The number of nitrogens with two attached hydrogens (primary N) is 1. The van der Waals surface area contributed by atoms with Crippen LogP contribution < -0.4 is 15.8 Å². The van der Waals surface area contributed by atoms with E-state index < -0.39 is 20.7 Å². The first kappa shape index (κ1) is 14.4. The van der Waals surface area contributed by atoms with Gasteiger partial charge in [-0.15, -0.1) is 0 Å². The van der Waals surface area contributed by atoms with Crippen LogP contribution in [0.3, 0.4) is 0 Å². The molecule has 0 aliphatic rings. The molecule has 0 bridgehead atoms. The minimum absolute atomic E-state index is 0.0221. The zero-order valence-corrected chi connectivity index (χ0v) is 10.6. The Hall–Kier alpha value is -1.67. The number of carbonyl (C=O) groups is 1. The van der Waals surface area contributed by atoms with Gasteiger partial charge in [-0.25, -0.2) is 17.5 Å². The molecule has 18 heavy (non-hydrogen) atoms. The zero-order valence-electron chi connectivity index (χ0n) is 9.73. The fourth-order valence-electron chi connectivity index (χ4n) is 1.24. The molecule has 0 atom stereocenters. The van der Waals surface area contributed by atoms with E-state index in [1.807, 2.05) is 0 Å². The summed E-state index contributed by atoms with van der Waals surface area (Å²) in [5, 5.41) is 2.41. The Morgan fingerprint density at radius 1 is 1.39 bits per heavy atom. The average Bonchev–Trinajstić information content (AvgIpc) is 2.23. The smallest absolute Gasteiger partial charge is 0.243 e. The number of carbonyl (C=O) groups excluding carboxylic acids is 1. The number of nitrogen functional groups attached to an aromatic ring is 1. The van der Waals surface area contributed by atoms with Gasteiger partial charge >= 0.3 is 0 Å². The number of anilines is 1. The summed E-state index contributed by atoms with van der Waals surface area (Å²) < 4.78 is 39.0. The predicted molar refractivity (Wildman–Crippen MR) is 64.7 cm³/mol. The third-order valence-electron chi connectivity index (χ3n) is 2.04. The maximum Gasteiger partial charge on any atom is 0.243 e. The fourth-order valence-corrected chi connectivity index (χ4v) is 2.33. The molecule has 0 aliphatic heterocycles. The summed E-state index contributed by atoms with van der Waals surface area (Å²) >= 11 is 0. The summed E-state index contributed by atoms with van der Waals surface area (Å²) in [6.07, 6.45) is 0. The van der Waals surface area contributed by atoms with Gasteiger partial charge in [-0.2, -0.15) is 0 Å². The molecular weight excluding hydrogens is 261 g/mol. The molecular formula is C10H14FN3O3S. The fraction of sp³-hybridized carbons (Fsp3) is 0.300. The van der Waals surface area contributed by atoms with Crippen LogP contribution in [0.4, 0.5) is 10.1 Å². The van der Waals surface area contributed by atoms with Gasteiger partial charge in [-0.05, 0) is 18.2 Å². The van der Waals surface area contributed by atoms with E-state index in [2.05, 4.69) is 10.0 Å².